The summed E-state index contributed by atoms with van der Waals surface area (Å²) in [5, 5.41) is 0. The first kappa shape index (κ1) is 17.4. The van der Waals surface area contributed by atoms with Crippen LogP contribution in [0.5, 0.6) is 0 Å². The third-order valence-electron chi connectivity index (χ3n) is 3.95. The minimum Gasteiger partial charge on any atom is -0.370 e. The lowest BCUT2D eigenvalue weighted by molar-refractivity contribution is 0.161. The molecule has 0 aromatic heterocycles. The molecule has 0 aliphatic carbocycles. The van der Waals surface area contributed by atoms with E-state index in [1.54, 1.807) is 0 Å². The van der Waals surface area contributed by atoms with Crippen LogP contribution in [0.4, 0.5) is 0 Å². The molecule has 2 fully saturated rings. The average molecular weight is 398 g/mol. The summed E-state index contributed by atoms with van der Waals surface area (Å²) in [6.45, 7) is 7.61. The molecule has 2 rings (SSSR count). The molecular formula is C13H27IN4S. The topological polar surface area (TPSA) is 44.9 Å². The quantitative estimate of drug-likeness (QED) is 0.448. The fraction of sp³-hybridized carbons (Fsp3) is 0.923. The zero-order chi connectivity index (χ0) is 12.8. The standard InChI is InChI=1S/C13H26N4S.HI/c1-2-16-6-4-3-5-12(16)11-15-13(14)17-7-9-18-10-8-17;/h12H,2-11H2,1H3,(H2,14,15);1H. The molecule has 2 heterocycles. The van der Waals surface area contributed by atoms with Gasteiger partial charge in [-0.2, -0.15) is 11.8 Å². The number of thioether (sulfide) groups is 1. The minimum atomic E-state index is 0. The van der Waals surface area contributed by atoms with Gasteiger partial charge >= 0.3 is 0 Å². The molecule has 0 saturated carbocycles. The van der Waals surface area contributed by atoms with E-state index >= 15 is 0 Å². The third-order valence-corrected chi connectivity index (χ3v) is 4.90. The zero-order valence-electron chi connectivity index (χ0n) is 11.9. The van der Waals surface area contributed by atoms with Gasteiger partial charge in [-0.3, -0.25) is 9.89 Å². The normalized spacial score (nSPS) is 26.1. The summed E-state index contributed by atoms with van der Waals surface area (Å²) in [4.78, 5) is 9.42. The molecule has 112 valence electrons. The zero-order valence-corrected chi connectivity index (χ0v) is 15.0. The summed E-state index contributed by atoms with van der Waals surface area (Å²) in [7, 11) is 0. The highest BCUT2D eigenvalue weighted by Crippen LogP contribution is 2.17. The van der Waals surface area contributed by atoms with Gasteiger partial charge in [-0.25, -0.2) is 0 Å². The molecule has 2 N–H and O–H groups in total. The van der Waals surface area contributed by atoms with E-state index in [1.807, 2.05) is 11.8 Å². The van der Waals surface area contributed by atoms with Crippen LogP contribution in [0.3, 0.4) is 0 Å². The number of nitrogens with zero attached hydrogens (tertiary/aromatic N) is 3. The lowest BCUT2D eigenvalue weighted by atomic mass is 10.0. The van der Waals surface area contributed by atoms with E-state index in [4.69, 9.17) is 5.73 Å². The molecule has 0 amide bonds. The molecule has 0 aromatic carbocycles. The molecule has 0 spiro atoms. The van der Waals surface area contributed by atoms with Crippen LogP contribution in [0, 0.1) is 0 Å². The Kier molecular flexibility index (Phi) is 8.48. The van der Waals surface area contributed by atoms with Crippen molar-refractivity contribution in [2.45, 2.75) is 32.2 Å². The SMILES string of the molecule is CCN1CCCCC1CN=C(N)N1CCSCC1.I. The largest absolute Gasteiger partial charge is 0.370 e. The summed E-state index contributed by atoms with van der Waals surface area (Å²) in [5.74, 6) is 3.12. The molecule has 6 heteroatoms. The maximum absolute atomic E-state index is 6.10. The van der Waals surface area contributed by atoms with Crippen molar-refractivity contribution in [3.05, 3.63) is 0 Å². The van der Waals surface area contributed by atoms with Crippen molar-refractivity contribution in [1.82, 2.24) is 9.80 Å². The second-order valence-electron chi connectivity index (χ2n) is 5.08. The molecular weight excluding hydrogens is 371 g/mol. The maximum atomic E-state index is 6.10. The summed E-state index contributed by atoms with van der Waals surface area (Å²) >= 11 is 2.01. The van der Waals surface area contributed by atoms with Crippen LogP contribution < -0.4 is 5.73 Å². The number of aliphatic imine (C=N–C) groups is 1. The van der Waals surface area contributed by atoms with Gasteiger partial charge in [0.1, 0.15) is 0 Å². The van der Waals surface area contributed by atoms with Gasteiger partial charge in [0.2, 0.25) is 0 Å². The van der Waals surface area contributed by atoms with Gasteiger partial charge < -0.3 is 10.6 Å². The van der Waals surface area contributed by atoms with Crippen LogP contribution in [0.1, 0.15) is 26.2 Å². The van der Waals surface area contributed by atoms with Gasteiger partial charge in [-0.1, -0.05) is 13.3 Å². The molecule has 0 radical (unpaired) electrons. The molecule has 0 aromatic rings. The summed E-state index contributed by atoms with van der Waals surface area (Å²) in [6.07, 6.45) is 3.96. The number of likely N-dealkylation sites (tertiary alicyclic amines) is 1. The van der Waals surface area contributed by atoms with Gasteiger partial charge in [0.15, 0.2) is 5.96 Å². The average Bonchev–Trinajstić information content (AvgIpc) is 2.46. The third kappa shape index (κ3) is 5.30. The van der Waals surface area contributed by atoms with E-state index in [-0.39, 0.29) is 24.0 Å². The van der Waals surface area contributed by atoms with Gasteiger partial charge in [0.05, 0.1) is 6.54 Å². The second-order valence-corrected chi connectivity index (χ2v) is 6.30. The Morgan fingerprint density at radius 3 is 2.68 bits per heavy atom. The highest BCUT2D eigenvalue weighted by molar-refractivity contribution is 14.0. The van der Waals surface area contributed by atoms with Crippen molar-refractivity contribution in [2.24, 2.45) is 10.7 Å². The number of hydrogen-bond donors (Lipinski definition) is 1. The fourth-order valence-corrected chi connectivity index (χ4v) is 3.68. The van der Waals surface area contributed by atoms with Crippen LogP contribution in [-0.2, 0) is 0 Å². The van der Waals surface area contributed by atoms with Crippen molar-refractivity contribution in [3.8, 4) is 0 Å². The Hall–Kier alpha value is 0.310. The smallest absolute Gasteiger partial charge is 0.191 e. The van der Waals surface area contributed by atoms with E-state index in [1.165, 1.54) is 37.3 Å². The lowest BCUT2D eigenvalue weighted by Gasteiger charge is -2.34. The molecule has 4 nitrogen and oxygen atoms in total. The van der Waals surface area contributed by atoms with Crippen LogP contribution in [-0.4, -0.2) is 66.0 Å². The van der Waals surface area contributed by atoms with Crippen LogP contribution in [0.15, 0.2) is 4.99 Å². The number of hydrogen-bond acceptors (Lipinski definition) is 3. The Morgan fingerprint density at radius 1 is 1.26 bits per heavy atom. The first-order valence-electron chi connectivity index (χ1n) is 7.18. The summed E-state index contributed by atoms with van der Waals surface area (Å²) in [6, 6.07) is 0.612. The van der Waals surface area contributed by atoms with Crippen LogP contribution in [0.25, 0.3) is 0 Å². The number of guanidine groups is 1. The van der Waals surface area contributed by atoms with Crippen molar-refractivity contribution in [1.29, 1.82) is 0 Å². The van der Waals surface area contributed by atoms with Crippen molar-refractivity contribution in [3.63, 3.8) is 0 Å². The number of nitrogens with two attached hydrogens (primary N) is 1. The van der Waals surface area contributed by atoms with Crippen molar-refractivity contribution >= 4 is 41.7 Å². The molecule has 19 heavy (non-hydrogen) atoms. The van der Waals surface area contributed by atoms with E-state index in [0.29, 0.717) is 6.04 Å². The second kappa shape index (κ2) is 9.28. The fourth-order valence-electron chi connectivity index (χ4n) is 2.77. The van der Waals surface area contributed by atoms with Crippen molar-refractivity contribution in [2.75, 3.05) is 44.2 Å². The first-order valence-corrected chi connectivity index (χ1v) is 8.33. The molecule has 1 atom stereocenters. The monoisotopic (exact) mass is 398 g/mol. The van der Waals surface area contributed by atoms with Crippen LogP contribution >= 0.6 is 35.7 Å². The van der Waals surface area contributed by atoms with Gasteiger partial charge in [0.25, 0.3) is 0 Å². The lowest BCUT2D eigenvalue weighted by Crippen LogP contribution is -2.45. The highest BCUT2D eigenvalue weighted by Gasteiger charge is 2.21. The molecule has 2 saturated heterocycles. The summed E-state index contributed by atoms with van der Waals surface area (Å²) < 4.78 is 0. The van der Waals surface area contributed by atoms with Crippen LogP contribution in [0.2, 0.25) is 0 Å². The van der Waals surface area contributed by atoms with E-state index in [0.717, 1.165) is 32.1 Å². The predicted molar refractivity (Wildman–Crippen MR) is 95.7 cm³/mol. The first-order chi connectivity index (χ1) is 8.81. The van der Waals surface area contributed by atoms with Gasteiger partial charge in [-0.05, 0) is 25.9 Å². The van der Waals surface area contributed by atoms with Gasteiger partial charge in [0, 0.05) is 30.6 Å². The minimum absolute atomic E-state index is 0. The highest BCUT2D eigenvalue weighted by atomic mass is 127. The molecule has 0 bridgehead atoms. The van der Waals surface area contributed by atoms with E-state index < -0.39 is 0 Å². The maximum Gasteiger partial charge on any atom is 0.191 e. The Bertz CT molecular complexity index is 282. The Labute approximate surface area is 138 Å². The molecule has 2 aliphatic rings. The predicted octanol–water partition coefficient (Wildman–Crippen LogP) is 1.84. The van der Waals surface area contributed by atoms with Crippen molar-refractivity contribution < 1.29 is 0 Å². The summed E-state index contributed by atoms with van der Waals surface area (Å²) in [5.41, 5.74) is 6.10. The number of piperidine rings is 1. The number of rotatable bonds is 3. The number of halogens is 1. The van der Waals surface area contributed by atoms with E-state index in [9.17, 15) is 0 Å². The molecule has 2 aliphatic heterocycles. The number of likely N-dealkylation sites (N-methyl/N-ethyl adjacent to an activating group) is 1. The Morgan fingerprint density at radius 2 is 2.00 bits per heavy atom. The van der Waals surface area contributed by atoms with E-state index in [2.05, 4.69) is 21.7 Å². The Balaban J connectivity index is 0.00000180. The van der Waals surface area contributed by atoms with Gasteiger partial charge in [-0.15, -0.1) is 24.0 Å². The molecule has 1 unspecified atom stereocenters.